The van der Waals surface area contributed by atoms with Gasteiger partial charge in [0, 0.05) is 17.8 Å². The molecule has 0 spiro atoms. The molecule has 3 fully saturated rings. The Labute approximate surface area is 250 Å². The van der Waals surface area contributed by atoms with Gasteiger partial charge < -0.3 is 24.8 Å². The van der Waals surface area contributed by atoms with Gasteiger partial charge in [0.15, 0.2) is 11.6 Å². The lowest BCUT2D eigenvalue weighted by Crippen LogP contribution is -2.62. The molecule has 3 aliphatic rings. The molecule has 9 heteroatoms. The van der Waals surface area contributed by atoms with Crippen LogP contribution in [-0.4, -0.2) is 67.8 Å². The summed E-state index contributed by atoms with van der Waals surface area (Å²) in [5, 5.41) is 36.2. The Kier molecular flexibility index (Phi) is 7.52. The van der Waals surface area contributed by atoms with E-state index >= 15 is 0 Å². The highest BCUT2D eigenvalue weighted by atomic mass is 16.6. The van der Waals surface area contributed by atoms with Crippen molar-refractivity contribution in [2.45, 2.75) is 76.0 Å². The molecule has 5 rings (SSSR count). The smallest absolute Gasteiger partial charge is 0.338 e. The Hall–Kier alpha value is -3.66. The molecule has 0 unspecified atom stereocenters. The summed E-state index contributed by atoms with van der Waals surface area (Å²) in [7, 11) is 0. The van der Waals surface area contributed by atoms with Gasteiger partial charge in [-0.2, -0.15) is 0 Å². The summed E-state index contributed by atoms with van der Waals surface area (Å²) in [5.74, 6) is -6.46. The largest absolute Gasteiger partial charge is 0.458 e. The minimum atomic E-state index is -2.38. The summed E-state index contributed by atoms with van der Waals surface area (Å²) in [6.07, 6.45) is -3.37. The number of hydrogen-bond donors (Lipinski definition) is 3. The van der Waals surface area contributed by atoms with E-state index in [0.717, 1.165) is 0 Å². The number of fused-ring (bicyclic) bond motifs is 2. The maximum absolute atomic E-state index is 14.4. The summed E-state index contributed by atoms with van der Waals surface area (Å²) in [4.78, 5) is 54.7. The van der Waals surface area contributed by atoms with Crippen molar-refractivity contribution in [3.05, 3.63) is 83.9 Å². The van der Waals surface area contributed by atoms with Crippen LogP contribution in [0.1, 0.15) is 67.7 Å². The van der Waals surface area contributed by atoms with Crippen LogP contribution in [0.2, 0.25) is 0 Å². The van der Waals surface area contributed by atoms with Crippen LogP contribution in [0.15, 0.2) is 72.8 Å². The number of ether oxygens (including phenoxy) is 2. The Bertz CT molecular complexity index is 1460. The first-order valence-corrected chi connectivity index (χ1v) is 14.5. The zero-order valence-corrected chi connectivity index (χ0v) is 24.8. The Balaban J connectivity index is 1.66. The van der Waals surface area contributed by atoms with Gasteiger partial charge in [0.05, 0.1) is 17.0 Å². The lowest BCUT2D eigenvalue weighted by molar-refractivity contribution is -0.178. The molecule has 3 N–H and O–H groups in total. The number of aliphatic hydroxyl groups is 3. The van der Waals surface area contributed by atoms with E-state index in [9.17, 15) is 34.5 Å². The van der Waals surface area contributed by atoms with E-state index in [1.807, 2.05) is 0 Å². The third kappa shape index (κ3) is 4.93. The molecule has 9 nitrogen and oxygen atoms in total. The molecule has 2 aromatic carbocycles. The van der Waals surface area contributed by atoms with Crippen molar-refractivity contribution in [1.82, 2.24) is 0 Å². The summed E-state index contributed by atoms with van der Waals surface area (Å²) in [6, 6.07) is 16.2. The van der Waals surface area contributed by atoms with Gasteiger partial charge in [-0.15, -0.1) is 0 Å². The van der Waals surface area contributed by atoms with Crippen LogP contribution < -0.4 is 0 Å². The number of hydrogen-bond acceptors (Lipinski definition) is 9. The third-order valence-corrected chi connectivity index (χ3v) is 9.65. The fraction of sp³-hybridized carbons (Fsp3) is 0.471. The standard InChI is InChI=1S/C34H38O9/c1-19-16-33(40)23(18-31(3,4)29(33)37)32(5,39)30(38)34(41)17-20(2)26(43-28(36)22-14-10-7-11-15-22)24(34)25(19)42-27(35)21-12-8-6-9-13-21/h6-15,20,23-26,39-41H,1,16-18H2,2-5H3/t20-,23-,24-,25-,26-,32+,33+,34+/m0/s1. The average molecular weight is 591 g/mol. The van der Waals surface area contributed by atoms with Gasteiger partial charge >= 0.3 is 11.9 Å². The minimum Gasteiger partial charge on any atom is -0.458 e. The monoisotopic (exact) mass is 590 g/mol. The normalized spacial score (nSPS) is 37.0. The number of benzene rings is 2. The van der Waals surface area contributed by atoms with E-state index in [1.54, 1.807) is 69.3 Å². The Morgan fingerprint density at radius 3 is 1.84 bits per heavy atom. The van der Waals surface area contributed by atoms with Crippen LogP contribution in [0.3, 0.4) is 0 Å². The fourth-order valence-electron chi connectivity index (χ4n) is 7.59. The first-order chi connectivity index (χ1) is 20.0. The zero-order chi connectivity index (χ0) is 31.5. The molecule has 43 heavy (non-hydrogen) atoms. The number of Topliss-reactive ketones (excluding diaryl/α,β-unsaturated/α-hetero) is 2. The summed E-state index contributed by atoms with van der Waals surface area (Å²) in [6.45, 7) is 10.2. The third-order valence-electron chi connectivity index (χ3n) is 9.65. The maximum Gasteiger partial charge on any atom is 0.338 e. The molecule has 228 valence electrons. The van der Waals surface area contributed by atoms with Crippen LogP contribution >= 0.6 is 0 Å². The number of carbonyl (C=O) groups excluding carboxylic acids is 4. The van der Waals surface area contributed by atoms with Gasteiger partial charge in [-0.3, -0.25) is 9.59 Å². The highest BCUT2D eigenvalue weighted by molar-refractivity contribution is 6.01. The molecular formula is C34H38O9. The molecule has 3 saturated carbocycles. The van der Waals surface area contributed by atoms with E-state index in [0.29, 0.717) is 0 Å². The number of esters is 2. The molecule has 0 bridgehead atoms. The van der Waals surface area contributed by atoms with Gasteiger partial charge in [-0.05, 0) is 55.5 Å². The van der Waals surface area contributed by atoms with E-state index in [2.05, 4.69) is 6.58 Å². The van der Waals surface area contributed by atoms with E-state index < -0.39 is 82.1 Å². The van der Waals surface area contributed by atoms with E-state index in [-0.39, 0.29) is 29.5 Å². The topological polar surface area (TPSA) is 147 Å². The van der Waals surface area contributed by atoms with Crippen molar-refractivity contribution in [1.29, 1.82) is 0 Å². The molecule has 0 heterocycles. The summed E-state index contributed by atoms with van der Waals surface area (Å²) < 4.78 is 11.9. The first kappa shape index (κ1) is 30.8. The predicted molar refractivity (Wildman–Crippen MR) is 155 cm³/mol. The number of ketones is 2. The summed E-state index contributed by atoms with van der Waals surface area (Å²) >= 11 is 0. The number of rotatable bonds is 4. The second-order valence-corrected chi connectivity index (χ2v) is 13.3. The van der Waals surface area contributed by atoms with Crippen LogP contribution in [0.4, 0.5) is 0 Å². The van der Waals surface area contributed by atoms with Crippen molar-refractivity contribution in [2.24, 2.45) is 23.2 Å². The molecular weight excluding hydrogens is 552 g/mol. The van der Waals surface area contributed by atoms with Crippen molar-refractivity contribution in [3.63, 3.8) is 0 Å². The van der Waals surface area contributed by atoms with Crippen LogP contribution in [-0.2, 0) is 19.1 Å². The molecule has 0 aliphatic heterocycles. The second-order valence-electron chi connectivity index (χ2n) is 13.3. The highest BCUT2D eigenvalue weighted by Gasteiger charge is 2.71. The van der Waals surface area contributed by atoms with Gasteiger partial charge in [-0.1, -0.05) is 63.7 Å². The van der Waals surface area contributed by atoms with Crippen molar-refractivity contribution in [3.8, 4) is 0 Å². The van der Waals surface area contributed by atoms with E-state index in [1.165, 1.54) is 19.1 Å². The van der Waals surface area contributed by atoms with Gasteiger partial charge in [-0.25, -0.2) is 9.59 Å². The van der Waals surface area contributed by atoms with Crippen molar-refractivity contribution < 1.29 is 44.0 Å². The quantitative estimate of drug-likeness (QED) is 0.360. The molecule has 0 saturated heterocycles. The van der Waals surface area contributed by atoms with Gasteiger partial charge in [0.2, 0.25) is 0 Å². The second kappa shape index (κ2) is 10.5. The lowest BCUT2D eigenvalue weighted by Gasteiger charge is -2.41. The minimum absolute atomic E-state index is 0.0362. The molecule has 0 radical (unpaired) electrons. The Morgan fingerprint density at radius 1 is 0.791 bits per heavy atom. The molecule has 0 aromatic heterocycles. The molecule has 3 aliphatic carbocycles. The van der Waals surface area contributed by atoms with E-state index in [4.69, 9.17) is 9.47 Å². The predicted octanol–water partition coefficient (Wildman–Crippen LogP) is 3.45. The SMILES string of the molecule is C=C1C[C@]2(O)C(=O)C(C)(C)C[C@H]2[C@@](C)(O)C(=O)[C@@]2(O)C[C@H](C)[C@H](OC(=O)c3ccccc3)[C@@H]2[C@H]1OC(=O)c1ccccc1. The lowest BCUT2D eigenvalue weighted by atomic mass is 9.69. The molecule has 2 aromatic rings. The molecule has 8 atom stereocenters. The Morgan fingerprint density at radius 2 is 1.30 bits per heavy atom. The van der Waals surface area contributed by atoms with Crippen molar-refractivity contribution >= 4 is 23.5 Å². The van der Waals surface area contributed by atoms with Gasteiger partial charge in [0.25, 0.3) is 0 Å². The van der Waals surface area contributed by atoms with Crippen molar-refractivity contribution in [2.75, 3.05) is 0 Å². The van der Waals surface area contributed by atoms with Crippen LogP contribution in [0.25, 0.3) is 0 Å². The highest BCUT2D eigenvalue weighted by Crippen LogP contribution is 2.57. The first-order valence-electron chi connectivity index (χ1n) is 14.5. The van der Waals surface area contributed by atoms with Gasteiger partial charge in [0.1, 0.15) is 29.0 Å². The van der Waals surface area contributed by atoms with Crippen LogP contribution in [0, 0.1) is 23.2 Å². The van der Waals surface area contributed by atoms with Crippen LogP contribution in [0.5, 0.6) is 0 Å². The molecule has 0 amide bonds. The number of carbonyl (C=O) groups is 4. The summed E-state index contributed by atoms with van der Waals surface area (Å²) in [5.41, 5.74) is -7.63. The maximum atomic E-state index is 14.4. The fourth-order valence-corrected chi connectivity index (χ4v) is 7.59. The average Bonchev–Trinajstić information content (AvgIpc) is 3.33. The zero-order valence-electron chi connectivity index (χ0n) is 24.8.